The second kappa shape index (κ2) is 11.4. The number of anilines is 2. The Balaban J connectivity index is 2.63. The van der Waals surface area contributed by atoms with Gasteiger partial charge in [-0.25, -0.2) is 9.59 Å². The lowest BCUT2D eigenvalue weighted by atomic mass is 9.94. The first-order valence-electron chi connectivity index (χ1n) is 9.82. The molecule has 0 aliphatic heterocycles. The largest absolute Gasteiger partial charge is 0.462 e. The number of esters is 2. The third-order valence-electron chi connectivity index (χ3n) is 4.38. The van der Waals surface area contributed by atoms with Gasteiger partial charge in [0.15, 0.2) is 0 Å². The predicted molar refractivity (Wildman–Crippen MR) is 126 cm³/mol. The number of benzene rings is 2. The topological polar surface area (TPSA) is 105 Å². The second-order valence-corrected chi connectivity index (χ2v) is 8.54. The number of carbonyl (C=O) groups excluding carboxylic acids is 2. The maximum atomic E-state index is 12.8. The van der Waals surface area contributed by atoms with E-state index in [0.29, 0.717) is 44.7 Å². The van der Waals surface area contributed by atoms with Crippen molar-refractivity contribution in [1.29, 1.82) is 0 Å². The average Bonchev–Trinajstić information content (AvgIpc) is 2.68. The Labute approximate surface area is 193 Å². The van der Waals surface area contributed by atoms with Gasteiger partial charge in [0.1, 0.15) is 0 Å². The van der Waals surface area contributed by atoms with Crippen molar-refractivity contribution >= 4 is 55.2 Å². The van der Waals surface area contributed by atoms with Crippen molar-refractivity contribution in [1.82, 2.24) is 0 Å². The van der Waals surface area contributed by atoms with Gasteiger partial charge in [-0.05, 0) is 37.1 Å². The quantitative estimate of drug-likeness (QED) is 0.230. The summed E-state index contributed by atoms with van der Waals surface area (Å²) in [6, 6.07) is 6.44. The summed E-state index contributed by atoms with van der Waals surface area (Å²) in [5, 5.41) is 0. The smallest absolute Gasteiger partial charge is 0.338 e. The SMILES string of the molecule is CCCCOC(=O)c1cc(N)cc(Br)c1-c1c(Br)cc(N)cc1C(=O)OCCCC. The Bertz CT molecular complexity index is 856. The lowest BCUT2D eigenvalue weighted by molar-refractivity contribution is 0.0488. The minimum absolute atomic E-state index is 0.256. The molecule has 0 saturated heterocycles. The van der Waals surface area contributed by atoms with Crippen LogP contribution in [0, 0.1) is 0 Å². The normalized spacial score (nSPS) is 10.7. The van der Waals surface area contributed by atoms with E-state index in [1.807, 2.05) is 13.8 Å². The first kappa shape index (κ1) is 24.2. The lowest BCUT2D eigenvalue weighted by Gasteiger charge is -2.18. The first-order valence-corrected chi connectivity index (χ1v) is 11.4. The van der Waals surface area contributed by atoms with Crippen LogP contribution in [0.4, 0.5) is 11.4 Å². The van der Waals surface area contributed by atoms with Gasteiger partial charge in [0, 0.05) is 31.4 Å². The van der Waals surface area contributed by atoms with Crippen LogP contribution >= 0.6 is 31.9 Å². The Kier molecular flexibility index (Phi) is 9.17. The van der Waals surface area contributed by atoms with Gasteiger partial charge in [-0.3, -0.25) is 0 Å². The summed E-state index contributed by atoms with van der Waals surface area (Å²) in [6.07, 6.45) is 3.31. The van der Waals surface area contributed by atoms with Crippen molar-refractivity contribution in [2.75, 3.05) is 24.7 Å². The molecule has 0 saturated carbocycles. The third-order valence-corrected chi connectivity index (χ3v) is 5.63. The summed E-state index contributed by atoms with van der Waals surface area (Å²) < 4.78 is 11.9. The van der Waals surface area contributed by atoms with Gasteiger partial charge >= 0.3 is 11.9 Å². The van der Waals surface area contributed by atoms with Gasteiger partial charge in [0.2, 0.25) is 0 Å². The molecule has 0 radical (unpaired) electrons. The van der Waals surface area contributed by atoms with Gasteiger partial charge in [-0.1, -0.05) is 58.5 Å². The summed E-state index contributed by atoms with van der Waals surface area (Å²) in [5.41, 5.74) is 14.2. The highest BCUT2D eigenvalue weighted by atomic mass is 79.9. The maximum absolute atomic E-state index is 12.8. The lowest BCUT2D eigenvalue weighted by Crippen LogP contribution is -2.13. The van der Waals surface area contributed by atoms with Crippen molar-refractivity contribution in [3.05, 3.63) is 44.3 Å². The number of hydrogen-bond donors (Lipinski definition) is 2. The zero-order chi connectivity index (χ0) is 22.3. The van der Waals surface area contributed by atoms with E-state index in [2.05, 4.69) is 31.9 Å². The number of nitrogens with two attached hydrogens (primary N) is 2. The molecular formula is C22H26Br2N2O4. The molecule has 0 aromatic heterocycles. The zero-order valence-electron chi connectivity index (χ0n) is 17.1. The molecule has 2 rings (SSSR count). The Morgan fingerprint density at radius 1 is 0.767 bits per heavy atom. The van der Waals surface area contributed by atoms with Crippen LogP contribution in [-0.4, -0.2) is 25.2 Å². The highest BCUT2D eigenvalue weighted by Crippen LogP contribution is 2.41. The zero-order valence-corrected chi connectivity index (χ0v) is 20.3. The second-order valence-electron chi connectivity index (χ2n) is 6.83. The van der Waals surface area contributed by atoms with Crippen molar-refractivity contribution in [3.63, 3.8) is 0 Å². The summed E-state index contributed by atoms with van der Waals surface area (Å²) >= 11 is 6.99. The molecule has 2 aromatic carbocycles. The minimum Gasteiger partial charge on any atom is -0.462 e. The fraction of sp³-hybridized carbons (Fsp3) is 0.364. The van der Waals surface area contributed by atoms with Crippen LogP contribution in [0.1, 0.15) is 60.2 Å². The minimum atomic E-state index is -0.513. The van der Waals surface area contributed by atoms with Crippen LogP contribution < -0.4 is 11.5 Å². The number of rotatable bonds is 9. The van der Waals surface area contributed by atoms with Gasteiger partial charge in [0.25, 0.3) is 0 Å². The molecule has 2 aromatic rings. The van der Waals surface area contributed by atoms with Crippen LogP contribution in [0.15, 0.2) is 33.2 Å². The van der Waals surface area contributed by atoms with Gasteiger partial charge in [-0.15, -0.1) is 0 Å². The molecule has 6 nitrogen and oxygen atoms in total. The fourth-order valence-corrected chi connectivity index (χ4v) is 4.21. The van der Waals surface area contributed by atoms with Gasteiger partial charge in [0.05, 0.1) is 24.3 Å². The molecule has 162 valence electrons. The molecule has 0 amide bonds. The fourth-order valence-electron chi connectivity index (χ4n) is 2.86. The Morgan fingerprint density at radius 2 is 1.13 bits per heavy atom. The molecule has 0 heterocycles. The molecule has 4 N–H and O–H groups in total. The standard InChI is InChI=1S/C22H26Br2N2O4/c1-3-5-7-29-21(27)15-9-13(25)11-17(23)19(15)20-16(10-14(26)12-18(20)24)22(28)30-8-6-4-2/h9-12H,3-8,25-26H2,1-2H3. The Hall–Kier alpha value is -2.06. The summed E-state index contributed by atoms with van der Waals surface area (Å²) in [4.78, 5) is 25.7. The number of ether oxygens (including phenoxy) is 2. The number of nitrogen functional groups attached to an aromatic ring is 2. The number of halogens is 2. The Morgan fingerprint density at radius 3 is 1.47 bits per heavy atom. The third kappa shape index (κ3) is 5.98. The van der Waals surface area contributed by atoms with Crippen LogP contribution in [-0.2, 0) is 9.47 Å². The van der Waals surface area contributed by atoms with E-state index in [-0.39, 0.29) is 11.1 Å². The van der Waals surface area contributed by atoms with E-state index in [1.165, 1.54) is 0 Å². The van der Waals surface area contributed by atoms with E-state index in [0.717, 1.165) is 25.7 Å². The van der Waals surface area contributed by atoms with E-state index in [1.54, 1.807) is 24.3 Å². The molecular weight excluding hydrogens is 516 g/mol. The van der Waals surface area contributed by atoms with E-state index in [9.17, 15) is 9.59 Å². The average molecular weight is 542 g/mol. The first-order chi connectivity index (χ1) is 14.3. The highest BCUT2D eigenvalue weighted by molar-refractivity contribution is 9.11. The van der Waals surface area contributed by atoms with Crippen molar-refractivity contribution in [2.45, 2.75) is 39.5 Å². The van der Waals surface area contributed by atoms with Crippen molar-refractivity contribution in [3.8, 4) is 11.1 Å². The molecule has 0 bridgehead atoms. The molecule has 0 atom stereocenters. The molecule has 8 heteroatoms. The van der Waals surface area contributed by atoms with Crippen LogP contribution in [0.25, 0.3) is 11.1 Å². The number of hydrogen-bond acceptors (Lipinski definition) is 6. The van der Waals surface area contributed by atoms with Crippen molar-refractivity contribution < 1.29 is 19.1 Å². The molecule has 0 fully saturated rings. The number of carbonyl (C=O) groups is 2. The van der Waals surface area contributed by atoms with Gasteiger partial charge < -0.3 is 20.9 Å². The molecule has 0 spiro atoms. The predicted octanol–water partition coefficient (Wildman–Crippen LogP) is 5.96. The molecule has 0 aliphatic carbocycles. The molecule has 0 unspecified atom stereocenters. The van der Waals surface area contributed by atoms with E-state index < -0.39 is 11.9 Å². The highest BCUT2D eigenvalue weighted by Gasteiger charge is 2.25. The van der Waals surface area contributed by atoms with E-state index >= 15 is 0 Å². The summed E-state index contributed by atoms with van der Waals surface area (Å²) in [7, 11) is 0. The van der Waals surface area contributed by atoms with Crippen LogP contribution in [0.2, 0.25) is 0 Å². The maximum Gasteiger partial charge on any atom is 0.338 e. The summed E-state index contributed by atoms with van der Waals surface area (Å²) in [5.74, 6) is -1.03. The van der Waals surface area contributed by atoms with E-state index in [4.69, 9.17) is 20.9 Å². The van der Waals surface area contributed by atoms with Gasteiger partial charge in [-0.2, -0.15) is 0 Å². The molecule has 0 aliphatic rings. The molecule has 30 heavy (non-hydrogen) atoms. The van der Waals surface area contributed by atoms with Crippen LogP contribution in [0.3, 0.4) is 0 Å². The summed E-state index contributed by atoms with van der Waals surface area (Å²) in [6.45, 7) is 4.63. The van der Waals surface area contributed by atoms with Crippen molar-refractivity contribution in [2.24, 2.45) is 0 Å². The number of unbranched alkanes of at least 4 members (excludes halogenated alkanes) is 2. The van der Waals surface area contributed by atoms with Crippen LogP contribution in [0.5, 0.6) is 0 Å². The monoisotopic (exact) mass is 540 g/mol.